The van der Waals surface area contributed by atoms with Crippen molar-refractivity contribution in [2.75, 3.05) is 0 Å². The van der Waals surface area contributed by atoms with Crippen LogP contribution in [0.15, 0.2) is 48.6 Å². The molecule has 0 spiro atoms. The van der Waals surface area contributed by atoms with E-state index in [1.165, 1.54) is 5.57 Å². The van der Waals surface area contributed by atoms with Crippen molar-refractivity contribution in [1.29, 1.82) is 0 Å². The lowest BCUT2D eigenvalue weighted by atomic mass is 10.2. The molecule has 0 amide bonds. The summed E-state index contributed by atoms with van der Waals surface area (Å²) in [6, 6.07) is 0. The van der Waals surface area contributed by atoms with E-state index >= 15 is 0 Å². The molecule has 0 atom stereocenters. The summed E-state index contributed by atoms with van der Waals surface area (Å²) in [5.74, 6) is 0. The number of hydrogen-bond acceptors (Lipinski definition) is 0. The summed E-state index contributed by atoms with van der Waals surface area (Å²) in [6.07, 6.45) is 9.03. The van der Waals surface area contributed by atoms with Gasteiger partial charge in [-0.3, -0.25) is 0 Å². The normalized spacial score (nSPS) is 11.1. The molecule has 0 radical (unpaired) electrons. The molecule has 0 heteroatoms. The molecule has 0 rings (SSSR count). The van der Waals surface area contributed by atoms with Crippen molar-refractivity contribution in [2.24, 2.45) is 0 Å². The molecule has 0 fully saturated rings. The Balaban J connectivity index is 3.60. The molecule has 11 heavy (non-hydrogen) atoms. The van der Waals surface area contributed by atoms with Crippen LogP contribution >= 0.6 is 0 Å². The lowest BCUT2D eigenvalue weighted by Crippen LogP contribution is -1.65. The van der Waals surface area contributed by atoms with Crippen molar-refractivity contribution in [3.8, 4) is 0 Å². The van der Waals surface area contributed by atoms with Crippen molar-refractivity contribution in [2.45, 2.75) is 20.3 Å². The minimum Gasteiger partial charge on any atom is -0.0998 e. The van der Waals surface area contributed by atoms with Gasteiger partial charge in [-0.25, -0.2) is 0 Å². The van der Waals surface area contributed by atoms with Crippen LogP contribution in [0, 0.1) is 0 Å². The molecule has 0 saturated heterocycles. The largest absolute Gasteiger partial charge is 0.0998 e. The van der Waals surface area contributed by atoms with E-state index in [1.54, 1.807) is 0 Å². The zero-order valence-electron chi connectivity index (χ0n) is 7.43. The Morgan fingerprint density at radius 1 is 1.18 bits per heavy atom. The van der Waals surface area contributed by atoms with Crippen LogP contribution in [0.3, 0.4) is 0 Å². The fraction of sp³-hybridized carbons (Fsp3) is 0.273. The second kappa shape index (κ2) is 5.72. The summed E-state index contributed by atoms with van der Waals surface area (Å²) in [6.45, 7) is 11.5. The molecule has 0 saturated carbocycles. The maximum atomic E-state index is 3.79. The van der Waals surface area contributed by atoms with E-state index in [9.17, 15) is 0 Å². The van der Waals surface area contributed by atoms with Crippen molar-refractivity contribution >= 4 is 0 Å². The van der Waals surface area contributed by atoms with Gasteiger partial charge >= 0.3 is 0 Å². The van der Waals surface area contributed by atoms with Crippen LogP contribution in [0.1, 0.15) is 20.3 Å². The van der Waals surface area contributed by atoms with Crippen LogP contribution in [-0.2, 0) is 0 Å². The van der Waals surface area contributed by atoms with Gasteiger partial charge in [0.2, 0.25) is 0 Å². The van der Waals surface area contributed by atoms with Crippen LogP contribution in [-0.4, -0.2) is 0 Å². The molecule has 0 aliphatic carbocycles. The van der Waals surface area contributed by atoms with E-state index in [0.29, 0.717) is 0 Å². The predicted octanol–water partition coefficient (Wildman–Crippen LogP) is 3.64. The molecule has 0 N–H and O–H groups in total. The summed E-state index contributed by atoms with van der Waals surface area (Å²) in [5, 5.41) is 0. The van der Waals surface area contributed by atoms with Gasteiger partial charge in [-0.15, -0.1) is 0 Å². The minimum atomic E-state index is 0.959. The Labute approximate surface area is 69.6 Å². The molecule has 0 aliphatic heterocycles. The molecule has 0 aromatic heterocycles. The third kappa shape index (κ3) is 8.96. The zero-order chi connectivity index (χ0) is 8.69. The average Bonchev–Trinajstić information content (AvgIpc) is 1.85. The van der Waals surface area contributed by atoms with E-state index < -0.39 is 0 Å². The first-order valence-electron chi connectivity index (χ1n) is 3.76. The molecule has 0 aromatic carbocycles. The summed E-state index contributed by atoms with van der Waals surface area (Å²) in [5.41, 5.74) is 2.26. The zero-order valence-corrected chi connectivity index (χ0v) is 7.43. The van der Waals surface area contributed by atoms with Crippen LogP contribution < -0.4 is 0 Å². The summed E-state index contributed by atoms with van der Waals surface area (Å²) in [7, 11) is 0. The summed E-state index contributed by atoms with van der Waals surface area (Å²) >= 11 is 0. The SMILES string of the molecule is C=C(C)C=CC=CCC(=C)C. The van der Waals surface area contributed by atoms with Gasteiger partial charge in [-0.05, 0) is 20.3 Å². The molecular formula is C11H16. The average molecular weight is 148 g/mol. The molecule has 0 aromatic rings. The van der Waals surface area contributed by atoms with Gasteiger partial charge in [0.1, 0.15) is 0 Å². The van der Waals surface area contributed by atoms with E-state index in [0.717, 1.165) is 12.0 Å². The predicted molar refractivity (Wildman–Crippen MR) is 52.5 cm³/mol. The highest BCUT2D eigenvalue weighted by molar-refractivity contribution is 5.17. The maximum absolute atomic E-state index is 3.79. The lowest BCUT2D eigenvalue weighted by molar-refractivity contribution is 1.23. The van der Waals surface area contributed by atoms with E-state index in [4.69, 9.17) is 0 Å². The molecule has 60 valence electrons. The van der Waals surface area contributed by atoms with Crippen LogP contribution in [0.25, 0.3) is 0 Å². The van der Waals surface area contributed by atoms with Crippen molar-refractivity contribution < 1.29 is 0 Å². The first-order chi connectivity index (χ1) is 5.13. The minimum absolute atomic E-state index is 0.959. The Kier molecular flexibility index (Phi) is 5.18. The van der Waals surface area contributed by atoms with Crippen LogP contribution in [0.5, 0.6) is 0 Å². The van der Waals surface area contributed by atoms with Gasteiger partial charge in [0.15, 0.2) is 0 Å². The van der Waals surface area contributed by atoms with Gasteiger partial charge in [0, 0.05) is 0 Å². The lowest BCUT2D eigenvalue weighted by Gasteiger charge is -1.86. The highest BCUT2D eigenvalue weighted by Crippen LogP contribution is 1.96. The van der Waals surface area contributed by atoms with Crippen molar-refractivity contribution in [3.63, 3.8) is 0 Å². The number of rotatable bonds is 4. The van der Waals surface area contributed by atoms with E-state index in [2.05, 4.69) is 19.2 Å². The Morgan fingerprint density at radius 2 is 1.82 bits per heavy atom. The third-order valence-corrected chi connectivity index (χ3v) is 1.09. The topological polar surface area (TPSA) is 0 Å². The second-order valence-electron chi connectivity index (χ2n) is 2.79. The van der Waals surface area contributed by atoms with Gasteiger partial charge in [0.25, 0.3) is 0 Å². The smallest absolute Gasteiger partial charge is 0.0141 e. The highest BCUT2D eigenvalue weighted by Gasteiger charge is 1.76. The molecule has 0 nitrogen and oxygen atoms in total. The number of hydrogen-bond donors (Lipinski definition) is 0. The maximum Gasteiger partial charge on any atom is -0.0141 e. The molecule has 0 unspecified atom stereocenters. The first-order valence-corrected chi connectivity index (χ1v) is 3.76. The molecule has 0 heterocycles. The number of allylic oxidation sites excluding steroid dienone is 6. The van der Waals surface area contributed by atoms with Crippen molar-refractivity contribution in [1.82, 2.24) is 0 Å². The first kappa shape index (κ1) is 9.96. The second-order valence-corrected chi connectivity index (χ2v) is 2.79. The Bertz CT molecular complexity index is 192. The van der Waals surface area contributed by atoms with E-state index in [1.807, 2.05) is 32.1 Å². The Morgan fingerprint density at radius 3 is 2.27 bits per heavy atom. The van der Waals surface area contributed by atoms with Gasteiger partial charge in [0.05, 0.1) is 0 Å². The molecular weight excluding hydrogens is 132 g/mol. The van der Waals surface area contributed by atoms with Crippen LogP contribution in [0.2, 0.25) is 0 Å². The van der Waals surface area contributed by atoms with E-state index in [-0.39, 0.29) is 0 Å². The third-order valence-electron chi connectivity index (χ3n) is 1.09. The fourth-order valence-corrected chi connectivity index (χ4v) is 0.568. The van der Waals surface area contributed by atoms with Gasteiger partial charge in [-0.2, -0.15) is 0 Å². The monoisotopic (exact) mass is 148 g/mol. The van der Waals surface area contributed by atoms with Gasteiger partial charge < -0.3 is 0 Å². The quantitative estimate of drug-likeness (QED) is 0.422. The van der Waals surface area contributed by atoms with Crippen LogP contribution in [0.4, 0.5) is 0 Å². The molecule has 0 bridgehead atoms. The molecule has 0 aliphatic rings. The standard InChI is InChI=1S/C11H16/c1-10(2)8-6-5-7-9-11(3)4/h5-8H,1,3,9H2,2,4H3. The van der Waals surface area contributed by atoms with Crippen molar-refractivity contribution in [3.05, 3.63) is 48.6 Å². The van der Waals surface area contributed by atoms with Gasteiger partial charge in [-0.1, -0.05) is 48.6 Å². The Hall–Kier alpha value is -1.04. The fourth-order valence-electron chi connectivity index (χ4n) is 0.568. The highest BCUT2D eigenvalue weighted by atomic mass is 13.8. The summed E-state index contributed by atoms with van der Waals surface area (Å²) < 4.78 is 0. The summed E-state index contributed by atoms with van der Waals surface area (Å²) in [4.78, 5) is 0.